The molecule has 0 saturated heterocycles. The molecular formula is C17H23N5O2S. The third kappa shape index (κ3) is 5.12. The van der Waals surface area contributed by atoms with Crippen molar-refractivity contribution in [3.63, 3.8) is 0 Å². The lowest BCUT2D eigenvalue weighted by molar-refractivity contribution is -0.123. The van der Waals surface area contributed by atoms with Gasteiger partial charge in [0.1, 0.15) is 0 Å². The third-order valence-electron chi connectivity index (χ3n) is 3.43. The minimum absolute atomic E-state index is 0.0167. The number of carbonyl (C=O) groups is 2. The lowest BCUT2D eigenvalue weighted by Crippen LogP contribution is -2.27. The van der Waals surface area contributed by atoms with E-state index in [0.29, 0.717) is 16.4 Å². The molecule has 2 aromatic rings. The van der Waals surface area contributed by atoms with Gasteiger partial charge in [0.2, 0.25) is 11.1 Å². The van der Waals surface area contributed by atoms with Gasteiger partial charge >= 0.3 is 0 Å². The van der Waals surface area contributed by atoms with Crippen LogP contribution in [-0.4, -0.2) is 37.7 Å². The Bertz CT molecular complexity index is 747. The number of benzene rings is 1. The molecule has 2 rings (SSSR count). The molecule has 8 heteroatoms. The molecule has 0 fully saturated rings. The van der Waals surface area contributed by atoms with E-state index in [4.69, 9.17) is 0 Å². The Hall–Kier alpha value is -2.22. The number of nitrogens with one attached hydrogen (secondary N) is 1. The molecule has 0 unspecified atom stereocenters. The Morgan fingerprint density at radius 2 is 1.84 bits per heavy atom. The summed E-state index contributed by atoms with van der Waals surface area (Å²) in [7, 11) is 0. The minimum atomic E-state index is -0.467. The maximum absolute atomic E-state index is 12.3. The van der Waals surface area contributed by atoms with Crippen LogP contribution in [0.4, 0.5) is 5.69 Å². The quantitative estimate of drug-likeness (QED) is 0.628. The summed E-state index contributed by atoms with van der Waals surface area (Å²) in [6.45, 7) is 9.51. The fraction of sp³-hybridized carbons (Fsp3) is 0.471. The van der Waals surface area contributed by atoms with Crippen molar-refractivity contribution in [3.8, 4) is 0 Å². The van der Waals surface area contributed by atoms with E-state index in [0.717, 1.165) is 0 Å². The highest BCUT2D eigenvalue weighted by Crippen LogP contribution is 2.21. The van der Waals surface area contributed by atoms with Crippen molar-refractivity contribution in [1.29, 1.82) is 0 Å². The summed E-state index contributed by atoms with van der Waals surface area (Å²) in [5.41, 5.74) is 0.795. The zero-order chi connectivity index (χ0) is 18.6. The van der Waals surface area contributed by atoms with Crippen molar-refractivity contribution in [1.82, 2.24) is 20.2 Å². The summed E-state index contributed by atoms with van der Waals surface area (Å²) < 4.78 is 1.68. The molecule has 0 aliphatic carbocycles. The molecule has 7 nitrogen and oxygen atoms in total. The molecule has 0 aliphatic rings. The van der Waals surface area contributed by atoms with E-state index < -0.39 is 5.41 Å². The van der Waals surface area contributed by atoms with Crippen LogP contribution in [-0.2, 0) is 4.79 Å². The lowest BCUT2D eigenvalue weighted by Gasteiger charge is -2.17. The van der Waals surface area contributed by atoms with E-state index >= 15 is 0 Å². The van der Waals surface area contributed by atoms with Gasteiger partial charge in [-0.05, 0) is 48.5 Å². The number of thioether (sulfide) groups is 1. The number of ketones is 1. The maximum Gasteiger partial charge on any atom is 0.229 e. The molecule has 1 heterocycles. The predicted octanol–water partition coefficient (Wildman–Crippen LogP) is 3.21. The summed E-state index contributed by atoms with van der Waals surface area (Å²) in [6.07, 6.45) is 0. The molecule has 0 spiro atoms. The third-order valence-corrected chi connectivity index (χ3v) is 4.36. The molecule has 1 aromatic carbocycles. The Kier molecular flexibility index (Phi) is 5.94. The highest BCUT2D eigenvalue weighted by molar-refractivity contribution is 7.99. The van der Waals surface area contributed by atoms with Gasteiger partial charge in [-0.25, -0.2) is 4.68 Å². The van der Waals surface area contributed by atoms with Crippen LogP contribution in [0.5, 0.6) is 0 Å². The molecule has 1 aromatic heterocycles. The SMILES string of the molecule is CC(C)n1nnnc1SCC(=O)c1ccc(NC(=O)C(C)(C)C)cc1. The topological polar surface area (TPSA) is 89.8 Å². The van der Waals surface area contributed by atoms with Gasteiger partial charge in [-0.15, -0.1) is 5.10 Å². The minimum Gasteiger partial charge on any atom is -0.326 e. The first-order chi connectivity index (χ1) is 11.7. The van der Waals surface area contributed by atoms with Crippen molar-refractivity contribution < 1.29 is 9.59 Å². The Labute approximate surface area is 151 Å². The van der Waals surface area contributed by atoms with Gasteiger partial charge in [-0.1, -0.05) is 32.5 Å². The van der Waals surface area contributed by atoms with Crippen molar-refractivity contribution in [2.45, 2.75) is 45.8 Å². The summed E-state index contributed by atoms with van der Waals surface area (Å²) in [5.74, 6) is 0.167. The lowest BCUT2D eigenvalue weighted by atomic mass is 9.95. The van der Waals surface area contributed by atoms with Gasteiger partial charge in [-0.3, -0.25) is 9.59 Å². The van der Waals surface area contributed by atoms with Crippen LogP contribution >= 0.6 is 11.8 Å². The van der Waals surface area contributed by atoms with Crippen LogP contribution < -0.4 is 5.32 Å². The van der Waals surface area contributed by atoms with E-state index in [2.05, 4.69) is 20.8 Å². The molecule has 0 radical (unpaired) electrons. The molecule has 0 saturated carbocycles. The molecule has 25 heavy (non-hydrogen) atoms. The van der Waals surface area contributed by atoms with Crippen molar-refractivity contribution >= 4 is 29.1 Å². The monoisotopic (exact) mass is 361 g/mol. The predicted molar refractivity (Wildman–Crippen MR) is 97.8 cm³/mol. The molecule has 1 N–H and O–H groups in total. The summed E-state index contributed by atoms with van der Waals surface area (Å²) in [5, 5.41) is 14.9. The van der Waals surface area contributed by atoms with Gasteiger partial charge < -0.3 is 5.32 Å². The zero-order valence-electron chi connectivity index (χ0n) is 15.1. The van der Waals surface area contributed by atoms with Gasteiger partial charge in [-0.2, -0.15) is 0 Å². The van der Waals surface area contributed by atoms with Crippen LogP contribution in [0.3, 0.4) is 0 Å². The summed E-state index contributed by atoms with van der Waals surface area (Å²) in [6, 6.07) is 7.04. The molecule has 1 amide bonds. The maximum atomic E-state index is 12.3. The molecule has 0 bridgehead atoms. The van der Waals surface area contributed by atoms with Gasteiger partial charge in [0.15, 0.2) is 5.78 Å². The average molecular weight is 361 g/mol. The van der Waals surface area contributed by atoms with E-state index in [1.54, 1.807) is 28.9 Å². The number of rotatable bonds is 6. The van der Waals surface area contributed by atoms with Crippen molar-refractivity contribution in [3.05, 3.63) is 29.8 Å². The van der Waals surface area contributed by atoms with E-state index in [-0.39, 0.29) is 23.5 Å². The van der Waals surface area contributed by atoms with Gasteiger partial charge in [0.05, 0.1) is 11.8 Å². The largest absolute Gasteiger partial charge is 0.326 e. The van der Waals surface area contributed by atoms with Crippen LogP contribution in [0.15, 0.2) is 29.4 Å². The summed E-state index contributed by atoms with van der Waals surface area (Å²) >= 11 is 1.31. The van der Waals surface area contributed by atoms with Gasteiger partial charge in [0.25, 0.3) is 0 Å². The smallest absolute Gasteiger partial charge is 0.229 e. The number of hydrogen-bond donors (Lipinski definition) is 1. The fourth-order valence-corrected chi connectivity index (χ4v) is 2.78. The molecule has 0 atom stereocenters. The normalized spacial score (nSPS) is 11.6. The number of nitrogens with zero attached hydrogens (tertiary/aromatic N) is 4. The first kappa shape index (κ1) is 19.1. The average Bonchev–Trinajstić information content (AvgIpc) is 3.01. The number of carbonyl (C=O) groups excluding carboxylic acids is 2. The van der Waals surface area contributed by atoms with Crippen LogP contribution in [0.2, 0.25) is 0 Å². The fourth-order valence-electron chi connectivity index (χ4n) is 1.88. The number of tetrazole rings is 1. The Morgan fingerprint density at radius 3 is 2.40 bits per heavy atom. The second-order valence-corrected chi connectivity index (χ2v) is 7.94. The van der Waals surface area contributed by atoms with E-state index in [9.17, 15) is 9.59 Å². The van der Waals surface area contributed by atoms with Crippen molar-refractivity contribution in [2.24, 2.45) is 5.41 Å². The first-order valence-electron chi connectivity index (χ1n) is 8.04. The first-order valence-corrected chi connectivity index (χ1v) is 9.02. The highest BCUT2D eigenvalue weighted by Gasteiger charge is 2.21. The number of Topliss-reactive ketones (excluding diaryl/α,β-unsaturated/α-hetero) is 1. The molecular weight excluding hydrogens is 338 g/mol. The second-order valence-electron chi connectivity index (χ2n) is 6.99. The number of hydrogen-bond acceptors (Lipinski definition) is 6. The van der Waals surface area contributed by atoms with Crippen LogP contribution in [0.25, 0.3) is 0 Å². The standard InChI is InChI=1S/C17H23N5O2S/c1-11(2)22-16(19-20-21-22)25-10-14(23)12-6-8-13(9-7-12)18-15(24)17(3,4)5/h6-9,11H,10H2,1-5H3,(H,18,24). The Balaban J connectivity index is 1.96. The number of aromatic nitrogens is 4. The second kappa shape index (κ2) is 7.77. The van der Waals surface area contributed by atoms with Gasteiger partial charge in [0, 0.05) is 16.7 Å². The van der Waals surface area contributed by atoms with Crippen LogP contribution in [0.1, 0.15) is 51.0 Å². The highest BCUT2D eigenvalue weighted by atomic mass is 32.2. The van der Waals surface area contributed by atoms with Crippen molar-refractivity contribution in [2.75, 3.05) is 11.1 Å². The van der Waals surface area contributed by atoms with Crippen LogP contribution in [0, 0.1) is 5.41 Å². The Morgan fingerprint density at radius 1 is 1.20 bits per heavy atom. The molecule has 0 aliphatic heterocycles. The van der Waals surface area contributed by atoms with E-state index in [1.807, 2.05) is 34.6 Å². The zero-order valence-corrected chi connectivity index (χ0v) is 15.9. The summed E-state index contributed by atoms with van der Waals surface area (Å²) in [4.78, 5) is 24.3. The number of amides is 1. The molecule has 134 valence electrons. The number of anilines is 1. The van der Waals surface area contributed by atoms with E-state index in [1.165, 1.54) is 11.8 Å².